The van der Waals surface area contributed by atoms with E-state index >= 15 is 0 Å². The Bertz CT molecular complexity index is 758. The third-order valence-electron chi connectivity index (χ3n) is 3.05. The normalized spacial score (nSPS) is 12.9. The minimum Gasteiger partial charge on any atom is -0.493 e. The lowest BCUT2D eigenvalue weighted by Gasteiger charge is -2.16. The summed E-state index contributed by atoms with van der Waals surface area (Å²) in [6.45, 7) is 1.78. The van der Waals surface area contributed by atoms with Gasteiger partial charge in [-0.05, 0) is 52.7 Å². The number of sulfonamides is 1. The third kappa shape index (κ3) is 3.81. The van der Waals surface area contributed by atoms with Gasteiger partial charge in [0.15, 0.2) is 11.5 Å². The minimum atomic E-state index is -3.56. The fourth-order valence-electron chi connectivity index (χ4n) is 1.92. The van der Waals surface area contributed by atoms with Crippen LogP contribution in [0, 0.1) is 0 Å². The van der Waals surface area contributed by atoms with Gasteiger partial charge in [-0.25, -0.2) is 13.1 Å². The van der Waals surface area contributed by atoms with Crippen LogP contribution in [-0.2, 0) is 10.0 Å². The van der Waals surface area contributed by atoms with Crippen molar-refractivity contribution in [3.05, 3.63) is 39.7 Å². The molecule has 0 fully saturated rings. The molecule has 22 heavy (non-hydrogen) atoms. The summed E-state index contributed by atoms with van der Waals surface area (Å²) in [7, 11) is -0.460. The van der Waals surface area contributed by atoms with Crippen LogP contribution in [0.4, 0.5) is 0 Å². The topological polar surface area (TPSA) is 64.6 Å². The van der Waals surface area contributed by atoms with Gasteiger partial charge >= 0.3 is 0 Å². The molecule has 0 saturated heterocycles. The highest BCUT2D eigenvalue weighted by molar-refractivity contribution is 9.11. The van der Waals surface area contributed by atoms with Crippen molar-refractivity contribution in [3.8, 4) is 11.5 Å². The maximum Gasteiger partial charge on any atom is 0.250 e. The van der Waals surface area contributed by atoms with Crippen molar-refractivity contribution in [2.45, 2.75) is 17.2 Å². The fraction of sp³-hybridized carbons (Fsp3) is 0.286. The molecule has 0 aliphatic rings. The summed E-state index contributed by atoms with van der Waals surface area (Å²) in [4.78, 5) is 0. The van der Waals surface area contributed by atoms with E-state index < -0.39 is 16.1 Å². The zero-order chi connectivity index (χ0) is 16.3. The lowest BCUT2D eigenvalue weighted by atomic mass is 10.1. The Hall–Kier alpha value is -1.09. The molecule has 120 valence electrons. The molecular weight excluding hydrogens is 390 g/mol. The Morgan fingerprint density at radius 1 is 1.14 bits per heavy atom. The second-order valence-corrected chi connectivity index (χ2v) is 8.92. The van der Waals surface area contributed by atoms with Crippen molar-refractivity contribution < 1.29 is 17.9 Å². The second-order valence-electron chi connectivity index (χ2n) is 4.52. The van der Waals surface area contributed by atoms with Gasteiger partial charge in [-0.15, -0.1) is 11.3 Å². The average Bonchev–Trinajstić information content (AvgIpc) is 2.93. The molecule has 0 aliphatic carbocycles. The number of hydrogen-bond donors (Lipinski definition) is 1. The first-order chi connectivity index (χ1) is 10.4. The highest BCUT2D eigenvalue weighted by Gasteiger charge is 2.21. The van der Waals surface area contributed by atoms with Crippen molar-refractivity contribution in [2.24, 2.45) is 0 Å². The number of halogens is 1. The molecule has 1 heterocycles. The number of hydrogen-bond acceptors (Lipinski definition) is 5. The average molecular weight is 406 g/mol. The van der Waals surface area contributed by atoms with Crippen molar-refractivity contribution in [3.63, 3.8) is 0 Å². The summed E-state index contributed by atoms with van der Waals surface area (Å²) in [5.74, 6) is 1.16. The molecule has 1 aromatic carbocycles. The van der Waals surface area contributed by atoms with Crippen LogP contribution < -0.4 is 14.2 Å². The van der Waals surface area contributed by atoms with E-state index in [9.17, 15) is 8.42 Å². The van der Waals surface area contributed by atoms with Crippen LogP contribution in [0.5, 0.6) is 11.5 Å². The molecule has 1 aromatic heterocycles. The van der Waals surface area contributed by atoms with Crippen molar-refractivity contribution in [2.75, 3.05) is 14.2 Å². The van der Waals surface area contributed by atoms with Crippen LogP contribution in [0.2, 0.25) is 0 Å². The number of methoxy groups -OCH3 is 2. The molecule has 0 radical (unpaired) electrons. The Kier molecular flexibility index (Phi) is 5.49. The van der Waals surface area contributed by atoms with Crippen LogP contribution in [0.25, 0.3) is 0 Å². The van der Waals surface area contributed by atoms with Crippen molar-refractivity contribution >= 4 is 37.3 Å². The third-order valence-corrected chi connectivity index (χ3v) is 6.71. The first-order valence-electron chi connectivity index (χ1n) is 6.37. The quantitative estimate of drug-likeness (QED) is 0.797. The van der Waals surface area contributed by atoms with Gasteiger partial charge in [0.2, 0.25) is 0 Å². The standard InChI is InChI=1S/C14H16BrNO4S2/c1-9(10-4-5-11(19-2)12(8-10)20-3)16-22(17,18)14-7-6-13(15)21-14/h4-9,16H,1-3H3. The van der Waals surface area contributed by atoms with E-state index in [0.717, 1.165) is 9.35 Å². The lowest BCUT2D eigenvalue weighted by molar-refractivity contribution is 0.354. The second kappa shape index (κ2) is 6.99. The molecular formula is C14H16BrNO4S2. The largest absolute Gasteiger partial charge is 0.493 e. The first-order valence-corrected chi connectivity index (χ1v) is 9.46. The molecule has 0 saturated carbocycles. The molecule has 2 rings (SSSR count). The molecule has 1 N–H and O–H groups in total. The SMILES string of the molecule is COc1ccc(C(C)NS(=O)(=O)c2ccc(Br)s2)cc1OC. The summed E-state index contributed by atoms with van der Waals surface area (Å²) in [6, 6.07) is 8.19. The van der Waals surface area contributed by atoms with E-state index in [-0.39, 0.29) is 4.21 Å². The summed E-state index contributed by atoms with van der Waals surface area (Å²) >= 11 is 4.43. The van der Waals surface area contributed by atoms with Gasteiger partial charge in [-0.2, -0.15) is 0 Å². The minimum absolute atomic E-state index is 0.270. The Morgan fingerprint density at radius 3 is 2.36 bits per heavy atom. The van der Waals surface area contributed by atoms with E-state index in [2.05, 4.69) is 20.7 Å². The predicted octanol–water partition coefficient (Wildman–Crippen LogP) is 3.57. The molecule has 1 unspecified atom stereocenters. The molecule has 0 aliphatic heterocycles. The van der Waals surface area contributed by atoms with Gasteiger partial charge in [0.05, 0.1) is 18.0 Å². The lowest BCUT2D eigenvalue weighted by Crippen LogP contribution is -2.26. The molecule has 0 bridgehead atoms. The molecule has 0 amide bonds. The van der Waals surface area contributed by atoms with Crippen molar-refractivity contribution in [1.29, 1.82) is 0 Å². The van der Waals surface area contributed by atoms with E-state index in [1.54, 1.807) is 51.5 Å². The van der Waals surface area contributed by atoms with Crippen LogP contribution in [0.3, 0.4) is 0 Å². The van der Waals surface area contributed by atoms with Crippen LogP contribution in [0.1, 0.15) is 18.5 Å². The van der Waals surface area contributed by atoms with Crippen molar-refractivity contribution in [1.82, 2.24) is 4.72 Å². The van der Waals surface area contributed by atoms with Crippen LogP contribution >= 0.6 is 27.3 Å². The Morgan fingerprint density at radius 2 is 1.82 bits per heavy atom. The van der Waals surface area contributed by atoms with Gasteiger partial charge in [0.1, 0.15) is 4.21 Å². The van der Waals surface area contributed by atoms with E-state index in [1.165, 1.54) is 11.3 Å². The monoisotopic (exact) mass is 405 g/mol. The van der Waals surface area contributed by atoms with E-state index in [4.69, 9.17) is 9.47 Å². The van der Waals surface area contributed by atoms with E-state index in [0.29, 0.717) is 11.5 Å². The van der Waals surface area contributed by atoms with Gasteiger partial charge < -0.3 is 9.47 Å². The van der Waals surface area contributed by atoms with Crippen LogP contribution in [0.15, 0.2) is 38.3 Å². The molecule has 1 atom stereocenters. The summed E-state index contributed by atoms with van der Waals surface area (Å²) in [5, 5.41) is 0. The number of rotatable bonds is 6. The number of nitrogens with one attached hydrogen (secondary N) is 1. The summed E-state index contributed by atoms with van der Waals surface area (Å²) < 4.78 is 38.8. The Balaban J connectivity index is 2.23. The van der Waals surface area contributed by atoms with Crippen LogP contribution in [-0.4, -0.2) is 22.6 Å². The van der Waals surface area contributed by atoms with Gasteiger partial charge in [-0.3, -0.25) is 0 Å². The summed E-state index contributed by atoms with van der Waals surface area (Å²) in [5.41, 5.74) is 0.789. The number of thiophene rings is 1. The smallest absolute Gasteiger partial charge is 0.250 e. The molecule has 2 aromatic rings. The zero-order valence-electron chi connectivity index (χ0n) is 12.3. The van der Waals surface area contributed by atoms with E-state index in [1.807, 2.05) is 0 Å². The molecule has 8 heteroatoms. The molecule has 5 nitrogen and oxygen atoms in total. The first kappa shape index (κ1) is 17.3. The van der Waals surface area contributed by atoms with Gasteiger partial charge in [0, 0.05) is 6.04 Å². The fourth-order valence-corrected chi connectivity index (χ4v) is 5.18. The highest BCUT2D eigenvalue weighted by Crippen LogP contribution is 2.31. The number of benzene rings is 1. The molecule has 0 spiro atoms. The maximum absolute atomic E-state index is 12.3. The zero-order valence-corrected chi connectivity index (χ0v) is 15.5. The predicted molar refractivity (Wildman–Crippen MR) is 90.3 cm³/mol. The maximum atomic E-state index is 12.3. The number of ether oxygens (including phenoxy) is 2. The Labute approximate surface area is 142 Å². The summed E-state index contributed by atoms with van der Waals surface area (Å²) in [6.07, 6.45) is 0. The van der Waals surface area contributed by atoms with Gasteiger partial charge in [0.25, 0.3) is 10.0 Å². The highest BCUT2D eigenvalue weighted by atomic mass is 79.9. The van der Waals surface area contributed by atoms with Gasteiger partial charge in [-0.1, -0.05) is 6.07 Å².